The number of nitrogens with two attached hydrogens (primary N) is 1. The lowest BCUT2D eigenvalue weighted by molar-refractivity contribution is 0.405. The van der Waals surface area contributed by atoms with E-state index in [0.717, 1.165) is 18.7 Å². The molecule has 1 aliphatic rings. The fraction of sp³-hybridized carbons (Fsp3) is 0.250. The van der Waals surface area contributed by atoms with Gasteiger partial charge in [-0.15, -0.1) is 0 Å². The van der Waals surface area contributed by atoms with Gasteiger partial charge in [0.05, 0.1) is 26.5 Å². The molecular weight excluding hydrogens is 328 g/mol. The molecule has 6 heteroatoms. The smallest absolute Gasteiger partial charge is 0.193 e. The second-order valence-electron chi connectivity index (χ2n) is 5.94. The number of rotatable bonds is 6. The zero-order valence-corrected chi connectivity index (χ0v) is 15.1. The molecule has 0 atom stereocenters. The number of guanidine groups is 1. The van der Waals surface area contributed by atoms with E-state index in [1.807, 2.05) is 24.3 Å². The first-order valence-electron chi connectivity index (χ1n) is 8.47. The molecule has 26 heavy (non-hydrogen) atoms. The van der Waals surface area contributed by atoms with Crippen molar-refractivity contribution in [3.8, 4) is 11.5 Å². The topological polar surface area (TPSA) is 72.1 Å². The summed E-state index contributed by atoms with van der Waals surface area (Å²) >= 11 is 0. The van der Waals surface area contributed by atoms with Crippen molar-refractivity contribution in [2.45, 2.75) is 6.54 Å². The van der Waals surface area contributed by atoms with Gasteiger partial charge in [-0.2, -0.15) is 0 Å². The second-order valence-corrected chi connectivity index (χ2v) is 5.94. The molecule has 0 aliphatic carbocycles. The van der Waals surface area contributed by atoms with E-state index in [1.54, 1.807) is 14.2 Å². The first kappa shape index (κ1) is 17.7. The third-order valence-corrected chi connectivity index (χ3v) is 4.20. The van der Waals surface area contributed by atoms with Crippen molar-refractivity contribution in [1.29, 1.82) is 0 Å². The summed E-state index contributed by atoms with van der Waals surface area (Å²) in [5, 5.41) is 3.08. The van der Waals surface area contributed by atoms with E-state index in [9.17, 15) is 0 Å². The first-order chi connectivity index (χ1) is 12.7. The van der Waals surface area contributed by atoms with Gasteiger partial charge in [-0.05, 0) is 29.8 Å². The number of hydrogen-bond donors (Lipinski definition) is 2. The number of aliphatic imine (C=N–C) groups is 1. The average molecular weight is 352 g/mol. The zero-order chi connectivity index (χ0) is 18.4. The molecule has 0 unspecified atom stereocenters. The molecule has 0 radical (unpaired) electrons. The van der Waals surface area contributed by atoms with Crippen molar-refractivity contribution < 1.29 is 9.47 Å². The molecule has 3 rings (SSSR count). The molecule has 0 fully saturated rings. The van der Waals surface area contributed by atoms with Crippen molar-refractivity contribution in [3.05, 3.63) is 60.2 Å². The highest BCUT2D eigenvalue weighted by Gasteiger charge is 2.08. The van der Waals surface area contributed by atoms with Gasteiger partial charge in [-0.25, -0.2) is 4.99 Å². The normalized spacial score (nSPS) is 13.8. The average Bonchev–Trinajstić information content (AvgIpc) is 3.21. The monoisotopic (exact) mass is 352 g/mol. The highest BCUT2D eigenvalue weighted by Crippen LogP contribution is 2.28. The van der Waals surface area contributed by atoms with Gasteiger partial charge in [0.25, 0.3) is 0 Å². The van der Waals surface area contributed by atoms with Gasteiger partial charge >= 0.3 is 0 Å². The van der Waals surface area contributed by atoms with Crippen LogP contribution in [-0.4, -0.2) is 33.3 Å². The number of benzene rings is 2. The maximum absolute atomic E-state index is 6.05. The Kier molecular flexibility index (Phi) is 5.63. The molecule has 2 aromatic rings. The Bertz CT molecular complexity index is 809. The molecule has 2 aromatic carbocycles. The highest BCUT2D eigenvalue weighted by molar-refractivity contribution is 5.94. The van der Waals surface area contributed by atoms with Crippen LogP contribution < -0.4 is 25.4 Å². The van der Waals surface area contributed by atoms with Crippen LogP contribution in [0.15, 0.2) is 59.6 Å². The molecule has 1 heterocycles. The zero-order valence-electron chi connectivity index (χ0n) is 15.1. The van der Waals surface area contributed by atoms with Crippen LogP contribution in [0.1, 0.15) is 5.56 Å². The van der Waals surface area contributed by atoms with E-state index in [1.165, 1.54) is 5.69 Å². The molecule has 0 spiro atoms. The summed E-state index contributed by atoms with van der Waals surface area (Å²) in [5.74, 6) is 1.71. The van der Waals surface area contributed by atoms with E-state index < -0.39 is 0 Å². The maximum Gasteiger partial charge on any atom is 0.193 e. The van der Waals surface area contributed by atoms with Gasteiger partial charge in [0.1, 0.15) is 11.5 Å². The van der Waals surface area contributed by atoms with Crippen LogP contribution in [0.3, 0.4) is 0 Å². The summed E-state index contributed by atoms with van der Waals surface area (Å²) in [6, 6.07) is 13.8. The number of nitrogens with one attached hydrogen (secondary N) is 1. The number of methoxy groups -OCH3 is 2. The molecule has 1 aliphatic heterocycles. The lowest BCUT2D eigenvalue weighted by atomic mass is 10.2. The lowest BCUT2D eigenvalue weighted by Gasteiger charge is -2.18. The summed E-state index contributed by atoms with van der Waals surface area (Å²) in [4.78, 5) is 6.74. The molecule has 0 aromatic heterocycles. The largest absolute Gasteiger partial charge is 0.497 e. The summed E-state index contributed by atoms with van der Waals surface area (Å²) in [6.45, 7) is 2.40. The van der Waals surface area contributed by atoms with E-state index in [0.29, 0.717) is 29.7 Å². The van der Waals surface area contributed by atoms with Gasteiger partial charge in [-0.1, -0.05) is 24.3 Å². The fourth-order valence-corrected chi connectivity index (χ4v) is 2.81. The summed E-state index contributed by atoms with van der Waals surface area (Å²) in [6.07, 6.45) is 4.35. The van der Waals surface area contributed by atoms with Crippen molar-refractivity contribution in [3.63, 3.8) is 0 Å². The Morgan fingerprint density at radius 2 is 1.92 bits per heavy atom. The Morgan fingerprint density at radius 1 is 1.12 bits per heavy atom. The molecule has 0 amide bonds. The standard InChI is InChI=1S/C20H24N4O2/c1-25-17-8-9-19(26-2)18(13-17)23-20(21)22-14-15-6-5-7-16(12-15)24-10-3-4-11-24/h3-9,12-13H,10-11,14H2,1-2H3,(H3,21,22,23). The van der Waals surface area contributed by atoms with Crippen LogP contribution >= 0.6 is 0 Å². The molecule has 0 bridgehead atoms. The summed E-state index contributed by atoms with van der Waals surface area (Å²) in [7, 11) is 3.23. The van der Waals surface area contributed by atoms with E-state index in [4.69, 9.17) is 15.2 Å². The van der Waals surface area contributed by atoms with Gasteiger partial charge in [0, 0.05) is 24.8 Å². The van der Waals surface area contributed by atoms with Gasteiger partial charge in [0.15, 0.2) is 5.96 Å². The molecular formula is C20H24N4O2. The third kappa shape index (κ3) is 4.27. The van der Waals surface area contributed by atoms with E-state index in [-0.39, 0.29) is 0 Å². The third-order valence-electron chi connectivity index (χ3n) is 4.20. The molecule has 0 saturated heterocycles. The molecule has 3 N–H and O–H groups in total. The van der Waals surface area contributed by atoms with Gasteiger partial charge in [0.2, 0.25) is 0 Å². The second kappa shape index (κ2) is 8.29. The quantitative estimate of drug-likeness (QED) is 0.475. The van der Waals surface area contributed by atoms with Gasteiger partial charge in [-0.3, -0.25) is 0 Å². The predicted octanol–water partition coefficient (Wildman–Crippen LogP) is 3.01. The van der Waals surface area contributed by atoms with E-state index >= 15 is 0 Å². The minimum Gasteiger partial charge on any atom is -0.497 e. The Hall–Kier alpha value is -3.15. The molecule has 136 valence electrons. The van der Waals surface area contributed by atoms with Crippen molar-refractivity contribution in [2.75, 3.05) is 37.5 Å². The van der Waals surface area contributed by atoms with Crippen LogP contribution in [0.2, 0.25) is 0 Å². The van der Waals surface area contributed by atoms with Crippen molar-refractivity contribution in [2.24, 2.45) is 10.7 Å². The Labute approximate surface area is 153 Å². The fourth-order valence-electron chi connectivity index (χ4n) is 2.81. The Morgan fingerprint density at radius 3 is 2.65 bits per heavy atom. The van der Waals surface area contributed by atoms with Crippen molar-refractivity contribution in [1.82, 2.24) is 0 Å². The number of anilines is 2. The van der Waals surface area contributed by atoms with Crippen LogP contribution in [0, 0.1) is 0 Å². The highest BCUT2D eigenvalue weighted by atomic mass is 16.5. The first-order valence-corrected chi connectivity index (χ1v) is 8.47. The SMILES string of the molecule is COc1ccc(OC)c(NC(N)=NCc2cccc(N3CC=CC3)c2)c1. The summed E-state index contributed by atoms with van der Waals surface area (Å²) in [5.41, 5.74) is 9.07. The number of ether oxygens (including phenoxy) is 2. The van der Waals surface area contributed by atoms with Crippen LogP contribution in [0.5, 0.6) is 11.5 Å². The minimum absolute atomic E-state index is 0.324. The minimum atomic E-state index is 0.324. The van der Waals surface area contributed by atoms with E-state index in [2.05, 4.69) is 45.6 Å². The maximum atomic E-state index is 6.05. The summed E-state index contributed by atoms with van der Waals surface area (Å²) < 4.78 is 10.6. The van der Waals surface area contributed by atoms with Crippen molar-refractivity contribution >= 4 is 17.3 Å². The van der Waals surface area contributed by atoms with Gasteiger partial charge < -0.3 is 25.4 Å². The molecule has 0 saturated carbocycles. The number of nitrogens with zero attached hydrogens (tertiary/aromatic N) is 2. The van der Waals surface area contributed by atoms with Crippen LogP contribution in [0.4, 0.5) is 11.4 Å². The molecule has 6 nitrogen and oxygen atoms in total. The Balaban J connectivity index is 1.68. The van der Waals surface area contributed by atoms with Crippen LogP contribution in [-0.2, 0) is 6.54 Å². The number of hydrogen-bond acceptors (Lipinski definition) is 4. The lowest BCUT2D eigenvalue weighted by Crippen LogP contribution is -2.23. The van der Waals surface area contributed by atoms with Crippen LogP contribution in [0.25, 0.3) is 0 Å². The predicted molar refractivity (Wildman–Crippen MR) is 106 cm³/mol.